The molecule has 3 N–H and O–H groups in total. The van der Waals surface area contributed by atoms with Gasteiger partial charge in [-0.05, 0) is 13.3 Å². The summed E-state index contributed by atoms with van der Waals surface area (Å²) in [4.78, 5) is 24.3. The third-order valence-electron chi connectivity index (χ3n) is 2.59. The number of anilines is 1. The van der Waals surface area contributed by atoms with Crippen LogP contribution in [0.3, 0.4) is 0 Å². The molecule has 1 unspecified atom stereocenters. The minimum atomic E-state index is -0.328. The lowest BCUT2D eigenvalue weighted by Gasteiger charge is -2.14. The zero-order valence-corrected chi connectivity index (χ0v) is 11.6. The maximum absolute atomic E-state index is 12.1. The van der Waals surface area contributed by atoms with Gasteiger partial charge in [-0.2, -0.15) is 0 Å². The van der Waals surface area contributed by atoms with Crippen LogP contribution in [0.2, 0.25) is 0 Å². The van der Waals surface area contributed by atoms with Gasteiger partial charge in [0, 0.05) is 23.5 Å². The molecule has 0 aliphatic carbocycles. The predicted molar refractivity (Wildman–Crippen MR) is 73.8 cm³/mol. The number of carbonyl (C=O) groups is 1. The van der Waals surface area contributed by atoms with Gasteiger partial charge < -0.3 is 11.1 Å². The first kappa shape index (κ1) is 13.4. The van der Waals surface area contributed by atoms with E-state index in [1.807, 2.05) is 19.2 Å². The summed E-state index contributed by atoms with van der Waals surface area (Å²) in [5.74, 6) is -0.199. The van der Waals surface area contributed by atoms with Crippen LogP contribution < -0.4 is 11.1 Å². The standard InChI is InChI=1S/C12H15N5OS/c1-3-8(12-16-7(2)6-19-12)17-11(18)9-10(13)15-5-4-14-9/h4-6,8H,3H2,1-2H3,(H2,13,15)(H,17,18). The highest BCUT2D eigenvalue weighted by molar-refractivity contribution is 7.09. The second-order valence-corrected chi connectivity index (χ2v) is 4.94. The van der Waals surface area contributed by atoms with Gasteiger partial charge >= 0.3 is 0 Å². The van der Waals surface area contributed by atoms with Gasteiger partial charge in [-0.3, -0.25) is 4.79 Å². The van der Waals surface area contributed by atoms with Crippen LogP contribution in [0.15, 0.2) is 17.8 Å². The molecule has 1 amide bonds. The summed E-state index contributed by atoms with van der Waals surface area (Å²) in [5.41, 5.74) is 6.73. The Kier molecular flexibility index (Phi) is 4.06. The second kappa shape index (κ2) is 5.75. The van der Waals surface area contributed by atoms with E-state index in [1.165, 1.54) is 23.7 Å². The molecule has 19 heavy (non-hydrogen) atoms. The molecule has 0 aromatic carbocycles. The molecule has 0 aliphatic rings. The number of carbonyl (C=O) groups excluding carboxylic acids is 1. The van der Waals surface area contributed by atoms with E-state index in [2.05, 4.69) is 20.3 Å². The van der Waals surface area contributed by atoms with E-state index in [0.29, 0.717) is 0 Å². The average molecular weight is 277 g/mol. The van der Waals surface area contributed by atoms with Crippen molar-refractivity contribution in [3.8, 4) is 0 Å². The van der Waals surface area contributed by atoms with Gasteiger partial charge in [0.15, 0.2) is 11.5 Å². The zero-order chi connectivity index (χ0) is 13.8. The van der Waals surface area contributed by atoms with Gasteiger partial charge in [0.1, 0.15) is 5.01 Å². The third-order valence-corrected chi connectivity index (χ3v) is 3.67. The summed E-state index contributed by atoms with van der Waals surface area (Å²) in [7, 11) is 0. The molecular weight excluding hydrogens is 262 g/mol. The van der Waals surface area contributed by atoms with Gasteiger partial charge in [0.25, 0.3) is 5.91 Å². The topological polar surface area (TPSA) is 93.8 Å². The highest BCUT2D eigenvalue weighted by atomic mass is 32.1. The number of nitrogen functional groups attached to an aromatic ring is 1. The van der Waals surface area contributed by atoms with Crippen molar-refractivity contribution in [2.45, 2.75) is 26.3 Å². The summed E-state index contributed by atoms with van der Waals surface area (Å²) >= 11 is 1.53. The maximum atomic E-state index is 12.1. The van der Waals surface area contributed by atoms with Crippen LogP contribution in [0.25, 0.3) is 0 Å². The minimum absolute atomic E-state index is 0.130. The number of nitrogens with one attached hydrogen (secondary N) is 1. The van der Waals surface area contributed by atoms with Crippen LogP contribution in [-0.2, 0) is 0 Å². The van der Waals surface area contributed by atoms with E-state index >= 15 is 0 Å². The van der Waals surface area contributed by atoms with Crippen molar-refractivity contribution < 1.29 is 4.79 Å². The Bertz CT molecular complexity index is 583. The largest absolute Gasteiger partial charge is 0.382 e. The Hall–Kier alpha value is -2.02. The van der Waals surface area contributed by atoms with Crippen molar-refractivity contribution in [1.82, 2.24) is 20.3 Å². The third kappa shape index (κ3) is 3.05. The van der Waals surface area contributed by atoms with Gasteiger partial charge in [0.05, 0.1) is 6.04 Å². The SMILES string of the molecule is CCC(NC(=O)c1nccnc1N)c1nc(C)cs1. The fourth-order valence-electron chi connectivity index (χ4n) is 1.62. The predicted octanol–water partition coefficient (Wildman–Crippen LogP) is 1.70. The molecule has 0 fully saturated rings. The molecule has 2 aromatic rings. The van der Waals surface area contributed by atoms with Crippen LogP contribution in [0.1, 0.15) is 40.6 Å². The number of nitrogens with two attached hydrogens (primary N) is 1. The van der Waals surface area contributed by atoms with Crippen LogP contribution in [0, 0.1) is 6.92 Å². The van der Waals surface area contributed by atoms with Crippen molar-refractivity contribution in [3.05, 3.63) is 34.2 Å². The number of nitrogens with zero attached hydrogens (tertiary/aromatic N) is 3. The Morgan fingerprint density at radius 3 is 2.79 bits per heavy atom. The first-order valence-corrected chi connectivity index (χ1v) is 6.79. The normalized spacial score (nSPS) is 12.1. The number of rotatable bonds is 4. The lowest BCUT2D eigenvalue weighted by molar-refractivity contribution is 0.0931. The molecule has 0 spiro atoms. The average Bonchev–Trinajstić information content (AvgIpc) is 2.82. The molecule has 7 heteroatoms. The number of aryl methyl sites for hydroxylation is 1. The summed E-state index contributed by atoms with van der Waals surface area (Å²) in [5, 5.41) is 5.72. The molecule has 0 aliphatic heterocycles. The van der Waals surface area contributed by atoms with Crippen molar-refractivity contribution in [2.24, 2.45) is 0 Å². The summed E-state index contributed by atoms with van der Waals surface area (Å²) in [6.07, 6.45) is 3.65. The Morgan fingerprint density at radius 1 is 1.47 bits per heavy atom. The van der Waals surface area contributed by atoms with E-state index in [0.717, 1.165) is 17.1 Å². The van der Waals surface area contributed by atoms with Gasteiger partial charge in [0.2, 0.25) is 0 Å². The van der Waals surface area contributed by atoms with E-state index < -0.39 is 0 Å². The zero-order valence-electron chi connectivity index (χ0n) is 10.8. The molecule has 0 saturated heterocycles. The molecular formula is C12H15N5OS. The van der Waals surface area contributed by atoms with Gasteiger partial charge in [-0.1, -0.05) is 6.92 Å². The fourth-order valence-corrected chi connectivity index (χ4v) is 2.55. The number of hydrogen-bond acceptors (Lipinski definition) is 6. The number of amides is 1. The monoisotopic (exact) mass is 277 g/mol. The van der Waals surface area contributed by atoms with Gasteiger partial charge in [-0.15, -0.1) is 11.3 Å². The lowest BCUT2D eigenvalue weighted by atomic mass is 10.2. The molecule has 2 heterocycles. The second-order valence-electron chi connectivity index (χ2n) is 4.05. The van der Waals surface area contributed by atoms with Crippen LogP contribution in [0.4, 0.5) is 5.82 Å². The Labute approximate surface area is 115 Å². The molecule has 2 rings (SSSR count). The molecule has 0 radical (unpaired) electrons. The molecule has 6 nitrogen and oxygen atoms in total. The lowest BCUT2D eigenvalue weighted by Crippen LogP contribution is -2.29. The molecule has 100 valence electrons. The fraction of sp³-hybridized carbons (Fsp3) is 0.333. The molecule has 0 saturated carbocycles. The molecule has 2 aromatic heterocycles. The molecule has 0 bridgehead atoms. The van der Waals surface area contributed by atoms with Crippen molar-refractivity contribution in [3.63, 3.8) is 0 Å². The van der Waals surface area contributed by atoms with Crippen molar-refractivity contribution in [2.75, 3.05) is 5.73 Å². The summed E-state index contributed by atoms with van der Waals surface area (Å²) < 4.78 is 0. The van der Waals surface area contributed by atoms with Crippen molar-refractivity contribution >= 4 is 23.1 Å². The van der Waals surface area contributed by atoms with E-state index in [-0.39, 0.29) is 23.5 Å². The number of hydrogen-bond donors (Lipinski definition) is 2. The quantitative estimate of drug-likeness (QED) is 0.887. The van der Waals surface area contributed by atoms with Crippen LogP contribution in [-0.4, -0.2) is 20.9 Å². The first-order valence-electron chi connectivity index (χ1n) is 5.91. The van der Waals surface area contributed by atoms with Gasteiger partial charge in [-0.25, -0.2) is 15.0 Å². The minimum Gasteiger partial charge on any atom is -0.382 e. The first-order chi connectivity index (χ1) is 9.11. The number of thiazole rings is 1. The van der Waals surface area contributed by atoms with E-state index in [9.17, 15) is 4.79 Å². The van der Waals surface area contributed by atoms with E-state index in [1.54, 1.807) is 0 Å². The van der Waals surface area contributed by atoms with E-state index in [4.69, 9.17) is 5.73 Å². The Balaban J connectivity index is 2.15. The Morgan fingerprint density at radius 2 is 2.21 bits per heavy atom. The van der Waals surface area contributed by atoms with Crippen molar-refractivity contribution in [1.29, 1.82) is 0 Å². The smallest absolute Gasteiger partial charge is 0.274 e. The number of aromatic nitrogens is 3. The van der Waals surface area contributed by atoms with Crippen LogP contribution >= 0.6 is 11.3 Å². The van der Waals surface area contributed by atoms with Crippen LogP contribution in [0.5, 0.6) is 0 Å². The summed E-state index contributed by atoms with van der Waals surface area (Å²) in [6.45, 7) is 3.91. The highest BCUT2D eigenvalue weighted by Gasteiger charge is 2.19. The highest BCUT2D eigenvalue weighted by Crippen LogP contribution is 2.21. The summed E-state index contributed by atoms with van der Waals surface area (Å²) in [6, 6.07) is -0.132. The maximum Gasteiger partial charge on any atom is 0.274 e. The molecule has 1 atom stereocenters.